The molecule has 1 aromatic carbocycles. The minimum absolute atomic E-state index is 0.0192. The zero-order chi connectivity index (χ0) is 41.1. The minimum atomic E-state index is -4.55. The van der Waals surface area contributed by atoms with Gasteiger partial charge in [0.15, 0.2) is 52.9 Å². The predicted molar refractivity (Wildman–Crippen MR) is 204 cm³/mol. The number of nitrogens with one attached hydrogen (secondary N) is 3. The Bertz CT molecular complexity index is 2550. The first-order valence-corrected chi connectivity index (χ1v) is 22.7. The van der Waals surface area contributed by atoms with Crippen LogP contribution >= 0.6 is 38.1 Å². The van der Waals surface area contributed by atoms with Gasteiger partial charge in [-0.05, 0) is 12.1 Å². The van der Waals surface area contributed by atoms with E-state index in [-0.39, 0.29) is 34.1 Å². The van der Waals surface area contributed by atoms with Crippen molar-refractivity contribution in [2.45, 2.75) is 63.1 Å². The molecule has 3 N–H and O–H groups in total. The molecule has 58 heavy (non-hydrogen) atoms. The molecule has 3 saturated heterocycles. The molecule has 3 aliphatic heterocycles. The fraction of sp³-hybridized carbons (Fsp3) is 0.419. The van der Waals surface area contributed by atoms with Crippen LogP contribution in [0.4, 0.5) is 20.5 Å². The van der Waals surface area contributed by atoms with Crippen LogP contribution in [-0.2, 0) is 41.5 Å². The third-order valence-electron chi connectivity index (χ3n) is 9.22. The topological polar surface area (TPSA) is 255 Å². The number of hydrogen-bond donors (Lipinski definition) is 5. The molecule has 8 rings (SSSR count). The Morgan fingerprint density at radius 1 is 0.845 bits per heavy atom. The van der Waals surface area contributed by atoms with Crippen molar-refractivity contribution in [3.63, 3.8) is 0 Å². The van der Waals surface area contributed by atoms with Crippen molar-refractivity contribution in [1.29, 1.82) is 0 Å². The molecule has 5 aromatic rings. The Labute approximate surface area is 335 Å². The van der Waals surface area contributed by atoms with Crippen molar-refractivity contribution in [3.8, 4) is 0 Å². The number of amides is 2. The predicted octanol–water partition coefficient (Wildman–Crippen LogP) is 4.17. The molecule has 10 atom stereocenters. The Morgan fingerprint density at radius 3 is 2.00 bits per heavy atom. The van der Waals surface area contributed by atoms with Gasteiger partial charge in [-0.2, -0.15) is 4.98 Å². The first-order chi connectivity index (χ1) is 27.6. The average Bonchev–Trinajstić information content (AvgIpc) is 3.94. The van der Waals surface area contributed by atoms with Gasteiger partial charge in [-0.3, -0.25) is 51.9 Å². The maximum Gasteiger partial charge on any atom is 0.386 e. The number of ether oxygens (including phenoxy) is 2. The first kappa shape index (κ1) is 40.6. The number of H-pyrrole nitrogens is 1. The second-order valence-corrected chi connectivity index (χ2v) is 19.2. The molecule has 0 spiro atoms. The van der Waals surface area contributed by atoms with E-state index in [2.05, 4.69) is 65.0 Å². The summed E-state index contributed by atoms with van der Waals surface area (Å²) in [6, 6.07) is 8.30. The SMILES string of the molecule is CC(C)C(=O)Nc1nc2c(ncn2[C@@H]2O[C@@H]3CO[P@](=O)(S)O[C@H]4[C@@H](F)[C@H](n5cnc6c(NC(=O)c7ccccc7)ncnc65)O[C@@H]4CO[P@@](=O)(S)O[C@H]3[C@H]2F)c(=O)[nH]1. The molecule has 2 amide bonds. The average molecular weight is 885 g/mol. The number of nitrogens with zero attached hydrogens (tertiary/aromatic N) is 7. The van der Waals surface area contributed by atoms with Crippen molar-refractivity contribution in [2.75, 3.05) is 23.8 Å². The van der Waals surface area contributed by atoms with Crippen LogP contribution in [0.3, 0.4) is 0 Å². The third-order valence-corrected chi connectivity index (χ3v) is 12.4. The molecule has 0 bridgehead atoms. The molecule has 21 nitrogen and oxygen atoms in total. The van der Waals surface area contributed by atoms with Gasteiger partial charge in [0.1, 0.15) is 30.7 Å². The Hall–Kier alpha value is -4.16. The van der Waals surface area contributed by atoms with Gasteiger partial charge in [-0.15, -0.1) is 0 Å². The number of hydrogen-bond acceptors (Lipinski definition) is 16. The number of anilines is 2. The van der Waals surface area contributed by atoms with Crippen molar-refractivity contribution in [1.82, 2.24) is 39.0 Å². The lowest BCUT2D eigenvalue weighted by molar-refractivity contribution is -0.118. The highest BCUT2D eigenvalue weighted by Crippen LogP contribution is 2.60. The number of carbonyl (C=O) groups is 2. The van der Waals surface area contributed by atoms with Crippen LogP contribution in [0.15, 0.2) is 54.1 Å². The van der Waals surface area contributed by atoms with Crippen LogP contribution < -0.4 is 16.2 Å². The van der Waals surface area contributed by atoms with E-state index in [1.807, 2.05) is 0 Å². The largest absolute Gasteiger partial charge is 0.386 e. The molecule has 3 aliphatic rings. The summed E-state index contributed by atoms with van der Waals surface area (Å²) in [5, 5.41) is 5.10. The zero-order valence-corrected chi connectivity index (χ0v) is 33.5. The number of benzene rings is 1. The normalized spacial score (nSPS) is 31.7. The van der Waals surface area contributed by atoms with Crippen LogP contribution in [0.25, 0.3) is 22.3 Å². The van der Waals surface area contributed by atoms with Gasteiger partial charge < -0.3 is 14.8 Å². The Balaban J connectivity index is 1.03. The molecule has 0 saturated carbocycles. The van der Waals surface area contributed by atoms with Crippen LogP contribution in [0, 0.1) is 5.92 Å². The summed E-state index contributed by atoms with van der Waals surface area (Å²) in [5.74, 6) is -1.64. The lowest BCUT2D eigenvalue weighted by atomic mass is 10.1. The smallest absolute Gasteiger partial charge is 0.346 e. The molecule has 308 valence electrons. The van der Waals surface area contributed by atoms with Gasteiger partial charge in [-0.1, -0.05) is 56.5 Å². The quantitative estimate of drug-likeness (QED) is 0.118. The van der Waals surface area contributed by atoms with Gasteiger partial charge in [0, 0.05) is 11.5 Å². The first-order valence-electron chi connectivity index (χ1n) is 17.3. The van der Waals surface area contributed by atoms with E-state index in [0.29, 0.717) is 5.56 Å². The molecule has 27 heteroatoms. The minimum Gasteiger partial charge on any atom is -0.346 e. The van der Waals surface area contributed by atoms with Crippen molar-refractivity contribution < 1.29 is 55.1 Å². The maximum atomic E-state index is 16.4. The number of rotatable bonds is 6. The van der Waals surface area contributed by atoms with E-state index in [4.69, 9.17) is 27.6 Å². The van der Waals surface area contributed by atoms with Crippen LogP contribution in [0.2, 0.25) is 0 Å². The molecular formula is C31H32F2N10O11P2S2. The van der Waals surface area contributed by atoms with E-state index in [1.165, 1.54) is 10.9 Å². The number of imidazole rings is 2. The summed E-state index contributed by atoms with van der Waals surface area (Å²) in [6.45, 7) is -7.38. The number of thiol groups is 2. The van der Waals surface area contributed by atoms with Crippen LogP contribution in [0.1, 0.15) is 36.7 Å². The summed E-state index contributed by atoms with van der Waals surface area (Å²) in [4.78, 5) is 61.0. The summed E-state index contributed by atoms with van der Waals surface area (Å²) < 4.78 is 96.2. The third kappa shape index (κ3) is 7.95. The number of fused-ring (bicyclic) bond motifs is 4. The number of carbonyl (C=O) groups excluding carboxylic acids is 2. The second-order valence-electron chi connectivity index (χ2n) is 13.4. The fourth-order valence-corrected chi connectivity index (χ4v) is 9.36. The summed E-state index contributed by atoms with van der Waals surface area (Å²) in [7, 11) is 0. The molecule has 0 radical (unpaired) electrons. The highest BCUT2D eigenvalue weighted by atomic mass is 32.7. The lowest BCUT2D eigenvalue weighted by Crippen LogP contribution is -2.36. The number of aromatic nitrogens is 8. The fourth-order valence-electron chi connectivity index (χ4n) is 6.39. The highest BCUT2D eigenvalue weighted by Gasteiger charge is 2.54. The van der Waals surface area contributed by atoms with Gasteiger partial charge in [0.25, 0.3) is 11.5 Å². The summed E-state index contributed by atoms with van der Waals surface area (Å²) in [5.41, 5.74) is -0.715. The monoisotopic (exact) mass is 884 g/mol. The van der Waals surface area contributed by atoms with E-state index in [0.717, 1.165) is 17.2 Å². The molecule has 4 aromatic heterocycles. The zero-order valence-electron chi connectivity index (χ0n) is 29.9. The van der Waals surface area contributed by atoms with E-state index >= 15 is 8.78 Å². The maximum absolute atomic E-state index is 16.4. The molecular weight excluding hydrogens is 852 g/mol. The number of halogens is 2. The van der Waals surface area contributed by atoms with Crippen LogP contribution in [0.5, 0.6) is 0 Å². The Kier molecular flexibility index (Phi) is 11.1. The molecule has 3 fully saturated rings. The van der Waals surface area contributed by atoms with E-state index in [9.17, 15) is 23.5 Å². The van der Waals surface area contributed by atoms with Crippen molar-refractivity contribution in [3.05, 3.63) is 65.2 Å². The summed E-state index contributed by atoms with van der Waals surface area (Å²) >= 11 is 8.06. The van der Waals surface area contributed by atoms with E-state index < -0.39 is 99.3 Å². The van der Waals surface area contributed by atoms with Crippen molar-refractivity contribution >= 4 is 84.0 Å². The standard InChI is InChI=1S/C31H32F2N10O11P2S2/c1-13(2)26(44)40-31-39-25-20(28(46)41-31)37-12-43(25)30-18(33)22-16(52-30)9-50-55(47,57)53-21-15(8-49-56(48,58)54-22)51-29(17(21)32)42-11-36-19-23(34-10-35-24(19)42)38-27(45)14-6-4-3-5-7-14/h3-7,10-13,15-18,21-22,29-30H,8-9H2,1-2H3,(H,47,57)(H,48,58)(H,34,35,38,45)(H2,39,40,41,44,46)/t15-,16-,17-,18-,21-,22-,29-,30-,55+,56-/m1/s1. The number of alkyl halides is 2. The van der Waals surface area contributed by atoms with Gasteiger partial charge in [0.05, 0.1) is 25.9 Å². The van der Waals surface area contributed by atoms with Crippen LogP contribution in [-0.4, -0.2) is 101 Å². The summed E-state index contributed by atoms with van der Waals surface area (Å²) in [6.07, 6.45) is -10.7. The molecule has 0 unspecified atom stereocenters. The van der Waals surface area contributed by atoms with Gasteiger partial charge >= 0.3 is 13.6 Å². The highest BCUT2D eigenvalue weighted by molar-refractivity contribution is 8.44. The van der Waals surface area contributed by atoms with E-state index in [1.54, 1.807) is 44.2 Å². The van der Waals surface area contributed by atoms with Crippen molar-refractivity contribution in [2.24, 2.45) is 5.92 Å². The molecule has 0 aliphatic carbocycles. The number of aromatic amines is 1. The Morgan fingerprint density at radius 2 is 1.41 bits per heavy atom. The lowest BCUT2D eigenvalue weighted by Gasteiger charge is -2.28. The molecule has 7 heterocycles. The van der Waals surface area contributed by atoms with Gasteiger partial charge in [-0.25, -0.2) is 37.8 Å². The second kappa shape index (κ2) is 15.8. The van der Waals surface area contributed by atoms with Gasteiger partial charge in [0.2, 0.25) is 11.9 Å².